The molecule has 1 amide bonds. The molecule has 3 heterocycles. The summed E-state index contributed by atoms with van der Waals surface area (Å²) < 4.78 is 7.03. The van der Waals surface area contributed by atoms with Crippen molar-refractivity contribution in [3.63, 3.8) is 0 Å². The maximum Gasteiger partial charge on any atom is 0.246 e. The van der Waals surface area contributed by atoms with Gasteiger partial charge in [0, 0.05) is 45.8 Å². The minimum Gasteiger partial charge on any atom is -0.469 e. The first-order valence-electron chi connectivity index (χ1n) is 8.52. The molecular weight excluding hydrogens is 447 g/mol. The topological polar surface area (TPSA) is 78.9 Å². The first-order valence-corrected chi connectivity index (χ1v) is 8.52. The standard InChI is InChI=1S/C17H24N6O2.HI/c1-3-18-17(19-7-6-15-5-4-10-25-15)22-8-9-23(16(24)13-22)14-11-20-21(2)12-14;/h4-5,10-12H,3,6-9,13H2,1-2H3,(H,18,19);1H. The second-order valence-corrected chi connectivity index (χ2v) is 5.90. The van der Waals surface area contributed by atoms with Gasteiger partial charge in [0.2, 0.25) is 5.91 Å². The molecule has 1 saturated heterocycles. The van der Waals surface area contributed by atoms with Crippen LogP contribution < -0.4 is 10.2 Å². The number of aromatic nitrogens is 2. The number of carbonyl (C=O) groups is 1. The van der Waals surface area contributed by atoms with E-state index in [9.17, 15) is 4.79 Å². The van der Waals surface area contributed by atoms with Gasteiger partial charge in [-0.15, -0.1) is 24.0 Å². The van der Waals surface area contributed by atoms with Crippen LogP contribution in [0.3, 0.4) is 0 Å². The summed E-state index contributed by atoms with van der Waals surface area (Å²) in [5.74, 6) is 1.74. The molecule has 1 aliphatic heterocycles. The highest BCUT2D eigenvalue weighted by atomic mass is 127. The molecule has 9 heteroatoms. The number of nitrogens with one attached hydrogen (secondary N) is 1. The molecule has 0 aliphatic carbocycles. The van der Waals surface area contributed by atoms with Crippen molar-refractivity contribution in [2.45, 2.75) is 13.3 Å². The molecule has 0 radical (unpaired) electrons. The number of furan rings is 1. The van der Waals surface area contributed by atoms with Gasteiger partial charge in [0.1, 0.15) is 12.3 Å². The molecule has 2 aromatic rings. The summed E-state index contributed by atoms with van der Waals surface area (Å²) in [6, 6.07) is 3.82. The van der Waals surface area contributed by atoms with Crippen molar-refractivity contribution < 1.29 is 9.21 Å². The van der Waals surface area contributed by atoms with Crippen molar-refractivity contribution in [2.24, 2.45) is 12.0 Å². The van der Waals surface area contributed by atoms with Crippen molar-refractivity contribution in [1.29, 1.82) is 0 Å². The summed E-state index contributed by atoms with van der Waals surface area (Å²) in [5.41, 5.74) is 0.840. The Bertz CT molecular complexity index is 727. The van der Waals surface area contributed by atoms with Crippen LogP contribution in [0.2, 0.25) is 0 Å². The van der Waals surface area contributed by atoms with E-state index in [1.807, 2.05) is 37.2 Å². The largest absolute Gasteiger partial charge is 0.469 e. The van der Waals surface area contributed by atoms with Crippen LogP contribution in [-0.4, -0.2) is 59.3 Å². The Morgan fingerprint density at radius 1 is 1.42 bits per heavy atom. The number of amides is 1. The van der Waals surface area contributed by atoms with Gasteiger partial charge in [-0.25, -0.2) is 0 Å². The molecule has 142 valence electrons. The highest BCUT2D eigenvalue weighted by Crippen LogP contribution is 2.16. The average molecular weight is 472 g/mol. The molecule has 3 rings (SSSR count). The molecule has 0 saturated carbocycles. The Morgan fingerprint density at radius 2 is 2.27 bits per heavy atom. The van der Waals surface area contributed by atoms with E-state index < -0.39 is 0 Å². The average Bonchev–Trinajstić information content (AvgIpc) is 3.26. The normalized spacial score (nSPS) is 15.2. The van der Waals surface area contributed by atoms with Crippen molar-refractivity contribution in [1.82, 2.24) is 20.0 Å². The number of aryl methyl sites for hydroxylation is 1. The maximum absolute atomic E-state index is 12.5. The molecule has 2 aromatic heterocycles. The summed E-state index contributed by atoms with van der Waals surface area (Å²) >= 11 is 0. The third-order valence-corrected chi connectivity index (χ3v) is 4.06. The van der Waals surface area contributed by atoms with Gasteiger partial charge < -0.3 is 19.5 Å². The summed E-state index contributed by atoms with van der Waals surface area (Å²) in [6.07, 6.45) is 5.98. The van der Waals surface area contributed by atoms with Gasteiger partial charge in [0.05, 0.1) is 18.1 Å². The van der Waals surface area contributed by atoms with Crippen LogP contribution in [0, 0.1) is 0 Å². The van der Waals surface area contributed by atoms with Gasteiger partial charge in [0.15, 0.2) is 5.96 Å². The van der Waals surface area contributed by atoms with E-state index in [0.29, 0.717) is 19.6 Å². The zero-order valence-electron chi connectivity index (χ0n) is 15.1. The van der Waals surface area contributed by atoms with Crippen molar-refractivity contribution in [3.8, 4) is 0 Å². The van der Waals surface area contributed by atoms with E-state index in [0.717, 1.165) is 36.9 Å². The fourth-order valence-electron chi connectivity index (χ4n) is 2.83. The number of guanidine groups is 1. The summed E-state index contributed by atoms with van der Waals surface area (Å²) in [5, 5.41) is 7.41. The maximum atomic E-state index is 12.5. The molecule has 0 unspecified atom stereocenters. The molecular formula is C17H25IN6O2. The van der Waals surface area contributed by atoms with E-state index in [4.69, 9.17) is 4.42 Å². The van der Waals surface area contributed by atoms with E-state index in [1.165, 1.54) is 0 Å². The zero-order chi connectivity index (χ0) is 17.6. The fourth-order valence-corrected chi connectivity index (χ4v) is 2.83. The third kappa shape index (κ3) is 4.99. The quantitative estimate of drug-likeness (QED) is 0.406. The lowest BCUT2D eigenvalue weighted by Gasteiger charge is -2.35. The number of halogens is 1. The Labute approximate surface area is 170 Å². The van der Waals surface area contributed by atoms with Crippen LogP contribution in [0.4, 0.5) is 5.69 Å². The number of nitrogens with zero attached hydrogens (tertiary/aromatic N) is 5. The van der Waals surface area contributed by atoms with Crippen LogP contribution in [0.25, 0.3) is 0 Å². The lowest BCUT2D eigenvalue weighted by molar-refractivity contribution is -0.120. The predicted octanol–water partition coefficient (Wildman–Crippen LogP) is 1.49. The van der Waals surface area contributed by atoms with Crippen LogP contribution in [-0.2, 0) is 18.3 Å². The van der Waals surface area contributed by atoms with Crippen LogP contribution in [0.5, 0.6) is 0 Å². The Balaban J connectivity index is 0.00000243. The fraction of sp³-hybridized carbons (Fsp3) is 0.471. The van der Waals surface area contributed by atoms with Crippen LogP contribution in [0.1, 0.15) is 12.7 Å². The second kappa shape index (κ2) is 9.60. The third-order valence-electron chi connectivity index (χ3n) is 4.06. The van der Waals surface area contributed by atoms with E-state index in [-0.39, 0.29) is 29.9 Å². The lowest BCUT2D eigenvalue weighted by Crippen LogP contribution is -2.55. The highest BCUT2D eigenvalue weighted by molar-refractivity contribution is 14.0. The first kappa shape index (κ1) is 20.3. The molecule has 1 fully saturated rings. The Morgan fingerprint density at radius 3 is 2.88 bits per heavy atom. The van der Waals surface area contributed by atoms with E-state index >= 15 is 0 Å². The molecule has 26 heavy (non-hydrogen) atoms. The number of rotatable bonds is 5. The molecule has 0 bridgehead atoms. The predicted molar refractivity (Wildman–Crippen MR) is 111 cm³/mol. The minimum atomic E-state index is 0. The van der Waals surface area contributed by atoms with Crippen LogP contribution >= 0.6 is 24.0 Å². The van der Waals surface area contributed by atoms with Gasteiger partial charge >= 0.3 is 0 Å². The summed E-state index contributed by atoms with van der Waals surface area (Å²) in [6.45, 7) is 5.06. The monoisotopic (exact) mass is 472 g/mol. The number of carbonyl (C=O) groups excluding carboxylic acids is 1. The number of aliphatic imine (C=N–C) groups is 1. The number of anilines is 1. The van der Waals surface area contributed by atoms with Crippen LogP contribution in [0.15, 0.2) is 40.2 Å². The number of hydrogen-bond acceptors (Lipinski definition) is 4. The van der Waals surface area contributed by atoms with Crippen molar-refractivity contribution in [3.05, 3.63) is 36.5 Å². The Kier molecular flexibility index (Phi) is 7.49. The highest BCUT2D eigenvalue weighted by Gasteiger charge is 2.27. The van der Waals surface area contributed by atoms with Gasteiger partial charge in [0.25, 0.3) is 0 Å². The number of piperazine rings is 1. The minimum absolute atomic E-state index is 0. The molecule has 0 atom stereocenters. The van der Waals surface area contributed by atoms with Crippen molar-refractivity contribution in [2.75, 3.05) is 37.6 Å². The molecule has 1 aliphatic rings. The van der Waals surface area contributed by atoms with Gasteiger partial charge in [-0.2, -0.15) is 5.10 Å². The second-order valence-electron chi connectivity index (χ2n) is 5.90. The molecule has 0 spiro atoms. The first-order chi connectivity index (χ1) is 12.2. The van der Waals surface area contributed by atoms with Crippen molar-refractivity contribution >= 4 is 41.5 Å². The van der Waals surface area contributed by atoms with Gasteiger partial charge in [-0.1, -0.05) is 0 Å². The molecule has 0 aromatic carbocycles. The van der Waals surface area contributed by atoms with E-state index in [1.54, 1.807) is 22.0 Å². The molecule has 1 N–H and O–H groups in total. The summed E-state index contributed by atoms with van der Waals surface area (Å²) in [4.78, 5) is 20.9. The molecule has 8 nitrogen and oxygen atoms in total. The smallest absolute Gasteiger partial charge is 0.246 e. The Hall–Kier alpha value is -2.04. The van der Waals surface area contributed by atoms with Gasteiger partial charge in [-0.3, -0.25) is 14.5 Å². The van der Waals surface area contributed by atoms with Gasteiger partial charge in [-0.05, 0) is 19.1 Å². The van der Waals surface area contributed by atoms with E-state index in [2.05, 4.69) is 15.4 Å². The lowest BCUT2D eigenvalue weighted by atomic mass is 10.3. The number of hydrogen-bond donors (Lipinski definition) is 1. The zero-order valence-corrected chi connectivity index (χ0v) is 17.4. The SMILES string of the molecule is CCNC(=NCCc1ccco1)N1CCN(c2cnn(C)c2)C(=O)C1.I. The summed E-state index contributed by atoms with van der Waals surface area (Å²) in [7, 11) is 1.85.